The van der Waals surface area contributed by atoms with Crippen molar-refractivity contribution in [1.29, 1.82) is 0 Å². The zero-order valence-electron chi connectivity index (χ0n) is 12.7. The number of pyridine rings is 1. The zero-order chi connectivity index (χ0) is 16.5. The Balaban J connectivity index is 1.62. The van der Waals surface area contributed by atoms with Gasteiger partial charge < -0.3 is 10.1 Å². The number of methoxy groups -OCH3 is 1. The van der Waals surface area contributed by atoms with E-state index in [1.165, 1.54) is 11.3 Å². The summed E-state index contributed by atoms with van der Waals surface area (Å²) in [6.45, 7) is 0. The van der Waals surface area contributed by atoms with Gasteiger partial charge in [-0.15, -0.1) is 11.3 Å². The molecule has 4 aromatic rings. The predicted octanol–water partition coefficient (Wildman–Crippen LogP) is 4.86. The van der Waals surface area contributed by atoms with Gasteiger partial charge in [0, 0.05) is 17.3 Å². The summed E-state index contributed by atoms with van der Waals surface area (Å²) in [5.41, 5.74) is 3.56. The van der Waals surface area contributed by atoms with E-state index in [1.54, 1.807) is 13.3 Å². The average Bonchev–Trinajstić information content (AvgIpc) is 3.22. The SMILES string of the molecule is COc1ccc(Nc2nc(-c3cnc4ccc(Cl)cn34)cs2)cc1. The molecule has 0 unspecified atom stereocenters. The van der Waals surface area contributed by atoms with Gasteiger partial charge in [-0.3, -0.25) is 4.40 Å². The minimum absolute atomic E-state index is 0.661. The number of halogens is 1. The average molecular weight is 357 g/mol. The number of benzene rings is 1. The Morgan fingerprint density at radius 2 is 2.00 bits per heavy atom. The number of hydrogen-bond acceptors (Lipinski definition) is 5. The number of thiazole rings is 1. The molecule has 1 aromatic carbocycles. The van der Waals surface area contributed by atoms with E-state index in [-0.39, 0.29) is 0 Å². The fourth-order valence-electron chi connectivity index (χ4n) is 2.39. The molecule has 0 aliphatic heterocycles. The molecule has 3 aromatic heterocycles. The molecule has 0 saturated heterocycles. The van der Waals surface area contributed by atoms with Gasteiger partial charge in [0.1, 0.15) is 17.1 Å². The first kappa shape index (κ1) is 15.0. The third-order valence-electron chi connectivity index (χ3n) is 3.58. The van der Waals surface area contributed by atoms with Crippen molar-refractivity contribution >= 4 is 39.4 Å². The summed E-state index contributed by atoms with van der Waals surface area (Å²) < 4.78 is 7.10. The van der Waals surface area contributed by atoms with Gasteiger partial charge in [0.15, 0.2) is 5.13 Å². The molecule has 120 valence electrons. The minimum atomic E-state index is 0.661. The normalized spacial score (nSPS) is 10.9. The highest BCUT2D eigenvalue weighted by Gasteiger charge is 2.10. The smallest absolute Gasteiger partial charge is 0.187 e. The van der Waals surface area contributed by atoms with Gasteiger partial charge in [0.25, 0.3) is 0 Å². The molecule has 5 nitrogen and oxygen atoms in total. The number of fused-ring (bicyclic) bond motifs is 1. The van der Waals surface area contributed by atoms with Crippen molar-refractivity contribution < 1.29 is 4.74 Å². The molecule has 24 heavy (non-hydrogen) atoms. The summed E-state index contributed by atoms with van der Waals surface area (Å²) in [7, 11) is 1.65. The highest BCUT2D eigenvalue weighted by molar-refractivity contribution is 7.14. The molecule has 0 saturated carbocycles. The van der Waals surface area contributed by atoms with Crippen LogP contribution in [0.15, 0.2) is 54.2 Å². The lowest BCUT2D eigenvalue weighted by Gasteiger charge is -2.04. The lowest BCUT2D eigenvalue weighted by Crippen LogP contribution is -1.91. The molecule has 0 aliphatic rings. The van der Waals surface area contributed by atoms with Gasteiger partial charge in [0.05, 0.1) is 24.0 Å². The number of nitrogens with zero attached hydrogens (tertiary/aromatic N) is 3. The fourth-order valence-corrected chi connectivity index (χ4v) is 3.28. The van der Waals surface area contributed by atoms with Crippen LogP contribution >= 0.6 is 22.9 Å². The first-order valence-corrected chi connectivity index (χ1v) is 8.48. The topological polar surface area (TPSA) is 51.5 Å². The van der Waals surface area contributed by atoms with Crippen molar-refractivity contribution in [3.8, 4) is 17.1 Å². The van der Waals surface area contributed by atoms with Gasteiger partial charge in [-0.1, -0.05) is 11.6 Å². The van der Waals surface area contributed by atoms with Gasteiger partial charge in [-0.05, 0) is 36.4 Å². The molecule has 0 radical (unpaired) electrons. The van der Waals surface area contributed by atoms with Crippen molar-refractivity contribution in [3.05, 3.63) is 59.2 Å². The van der Waals surface area contributed by atoms with Crippen LogP contribution in [0.4, 0.5) is 10.8 Å². The van der Waals surface area contributed by atoms with E-state index in [0.717, 1.165) is 33.6 Å². The van der Waals surface area contributed by atoms with E-state index in [0.29, 0.717) is 5.02 Å². The van der Waals surface area contributed by atoms with Gasteiger partial charge in [-0.2, -0.15) is 0 Å². The zero-order valence-corrected chi connectivity index (χ0v) is 14.3. The molecule has 0 amide bonds. The summed E-state index contributed by atoms with van der Waals surface area (Å²) in [6.07, 6.45) is 3.65. The van der Waals surface area contributed by atoms with E-state index < -0.39 is 0 Å². The third-order valence-corrected chi connectivity index (χ3v) is 4.56. The maximum Gasteiger partial charge on any atom is 0.187 e. The van der Waals surface area contributed by atoms with Gasteiger partial charge >= 0.3 is 0 Å². The molecule has 0 bridgehead atoms. The standard InChI is InChI=1S/C17H13ClN4OS/c1-23-13-5-3-12(4-6-13)20-17-21-14(10-24-17)15-8-19-16-7-2-11(18)9-22(15)16/h2-10H,1H3,(H,20,21). The van der Waals surface area contributed by atoms with Crippen LogP contribution in [0, 0.1) is 0 Å². The summed E-state index contributed by atoms with van der Waals surface area (Å²) in [4.78, 5) is 9.03. The third kappa shape index (κ3) is 2.81. The predicted molar refractivity (Wildman–Crippen MR) is 97.6 cm³/mol. The van der Waals surface area contributed by atoms with Crippen LogP contribution in [0.25, 0.3) is 17.0 Å². The lowest BCUT2D eigenvalue weighted by atomic mass is 10.3. The second-order valence-corrected chi connectivity index (χ2v) is 6.40. The summed E-state index contributed by atoms with van der Waals surface area (Å²) >= 11 is 7.62. The summed E-state index contributed by atoms with van der Waals surface area (Å²) in [5, 5.41) is 6.76. The second kappa shape index (κ2) is 6.14. The van der Waals surface area contributed by atoms with E-state index in [9.17, 15) is 0 Å². The van der Waals surface area contributed by atoms with Crippen molar-refractivity contribution in [3.63, 3.8) is 0 Å². The van der Waals surface area contributed by atoms with Crippen LogP contribution < -0.4 is 10.1 Å². The number of imidazole rings is 1. The summed E-state index contributed by atoms with van der Waals surface area (Å²) in [6, 6.07) is 11.4. The minimum Gasteiger partial charge on any atom is -0.497 e. The van der Waals surface area contributed by atoms with Gasteiger partial charge in [0.2, 0.25) is 0 Å². The van der Waals surface area contributed by atoms with E-state index >= 15 is 0 Å². The monoisotopic (exact) mass is 356 g/mol. The van der Waals surface area contributed by atoms with Gasteiger partial charge in [-0.25, -0.2) is 9.97 Å². The Kier molecular flexibility index (Phi) is 3.84. The Hall–Kier alpha value is -2.57. The fraction of sp³-hybridized carbons (Fsp3) is 0.0588. The van der Waals surface area contributed by atoms with Crippen LogP contribution in [0.2, 0.25) is 5.02 Å². The molecule has 7 heteroatoms. The molecule has 1 N–H and O–H groups in total. The number of ether oxygens (including phenoxy) is 1. The molecule has 0 aliphatic carbocycles. The van der Waals surface area contributed by atoms with E-state index in [4.69, 9.17) is 16.3 Å². The van der Waals surface area contributed by atoms with Crippen LogP contribution in [0.1, 0.15) is 0 Å². The van der Waals surface area contributed by atoms with Crippen molar-refractivity contribution in [2.45, 2.75) is 0 Å². The molecule has 0 atom stereocenters. The molecule has 0 fully saturated rings. The van der Waals surface area contributed by atoms with E-state index in [1.807, 2.05) is 52.4 Å². The van der Waals surface area contributed by atoms with Crippen LogP contribution in [-0.4, -0.2) is 21.5 Å². The molecular weight excluding hydrogens is 344 g/mol. The number of hydrogen-bond donors (Lipinski definition) is 1. The molecule has 3 heterocycles. The Morgan fingerprint density at radius 1 is 1.17 bits per heavy atom. The highest BCUT2D eigenvalue weighted by Crippen LogP contribution is 2.28. The lowest BCUT2D eigenvalue weighted by molar-refractivity contribution is 0.415. The maximum atomic E-state index is 6.08. The first-order valence-electron chi connectivity index (χ1n) is 7.22. The van der Waals surface area contributed by atoms with Crippen LogP contribution in [-0.2, 0) is 0 Å². The highest BCUT2D eigenvalue weighted by atomic mass is 35.5. The quantitative estimate of drug-likeness (QED) is 0.567. The number of nitrogens with one attached hydrogen (secondary N) is 1. The molecule has 4 rings (SSSR count). The van der Waals surface area contributed by atoms with Crippen LogP contribution in [0.5, 0.6) is 5.75 Å². The second-order valence-electron chi connectivity index (χ2n) is 5.11. The number of aromatic nitrogens is 3. The number of rotatable bonds is 4. The maximum absolute atomic E-state index is 6.08. The Morgan fingerprint density at radius 3 is 2.79 bits per heavy atom. The first-order chi connectivity index (χ1) is 11.7. The Labute approximate surface area is 147 Å². The Bertz CT molecular complexity index is 993. The molecular formula is C17H13ClN4OS. The number of anilines is 2. The largest absolute Gasteiger partial charge is 0.497 e. The molecule has 0 spiro atoms. The van der Waals surface area contributed by atoms with Crippen LogP contribution in [0.3, 0.4) is 0 Å². The van der Waals surface area contributed by atoms with Crippen molar-refractivity contribution in [2.75, 3.05) is 12.4 Å². The summed E-state index contributed by atoms with van der Waals surface area (Å²) in [5.74, 6) is 0.822. The van der Waals surface area contributed by atoms with Crippen molar-refractivity contribution in [2.24, 2.45) is 0 Å². The van der Waals surface area contributed by atoms with E-state index in [2.05, 4.69) is 15.3 Å². The van der Waals surface area contributed by atoms with Crippen molar-refractivity contribution in [1.82, 2.24) is 14.4 Å².